The van der Waals surface area contributed by atoms with Crippen LogP contribution in [0.1, 0.15) is 54.4 Å². The molecule has 4 fully saturated rings. The third kappa shape index (κ3) is 2.34. The number of hydrogen-bond donors (Lipinski definition) is 1. The van der Waals surface area contributed by atoms with Crippen molar-refractivity contribution in [1.29, 1.82) is 0 Å². The Labute approximate surface area is 188 Å². The number of benzene rings is 3. The Morgan fingerprint density at radius 2 is 1.69 bits per heavy atom. The van der Waals surface area contributed by atoms with Crippen molar-refractivity contribution in [2.75, 3.05) is 7.11 Å². The largest absolute Gasteiger partial charge is 0.496 e. The molecular weight excluding hydrogens is 396 g/mol. The summed E-state index contributed by atoms with van der Waals surface area (Å²) in [6.07, 6.45) is 8.44. The first-order valence-electron chi connectivity index (χ1n) is 12.0. The van der Waals surface area contributed by atoms with Crippen LogP contribution in [0.3, 0.4) is 0 Å². The Morgan fingerprint density at radius 3 is 2.53 bits per heavy atom. The molecule has 0 aromatic heterocycles. The number of hydrogen-bond acceptors (Lipinski definition) is 2. The fourth-order valence-corrected chi connectivity index (χ4v) is 8.53. The highest BCUT2D eigenvalue weighted by Gasteiger charge is 2.71. The van der Waals surface area contributed by atoms with Crippen LogP contribution >= 0.6 is 0 Å². The molecule has 32 heavy (non-hydrogen) atoms. The van der Waals surface area contributed by atoms with Crippen molar-refractivity contribution in [1.82, 2.24) is 0 Å². The van der Waals surface area contributed by atoms with Gasteiger partial charge in [0, 0.05) is 11.0 Å². The van der Waals surface area contributed by atoms with E-state index in [4.69, 9.17) is 4.74 Å². The van der Waals surface area contributed by atoms with Gasteiger partial charge in [0.2, 0.25) is 0 Å². The molecule has 4 aliphatic rings. The minimum atomic E-state index is -0.885. The van der Waals surface area contributed by atoms with Gasteiger partial charge in [-0.3, -0.25) is 0 Å². The molecule has 5 atom stereocenters. The molecule has 5 unspecified atom stereocenters. The normalized spacial score (nSPS) is 33.8. The van der Waals surface area contributed by atoms with Crippen LogP contribution in [0, 0.1) is 23.2 Å². The van der Waals surface area contributed by atoms with Gasteiger partial charge in [-0.2, -0.15) is 0 Å². The molecule has 3 aromatic rings. The van der Waals surface area contributed by atoms with Gasteiger partial charge in [-0.05, 0) is 114 Å². The van der Waals surface area contributed by atoms with Gasteiger partial charge >= 0.3 is 5.97 Å². The fraction of sp³-hybridized carbons (Fsp3) is 0.414. The SMILES string of the molecule is COc1ccc(-c2ccc3cc(C(=O)O)ccc3c2)cc1C12CC3CC4CC(C1)C4(C3)C2. The van der Waals surface area contributed by atoms with Crippen LogP contribution < -0.4 is 4.74 Å². The number of aromatic carboxylic acids is 1. The zero-order valence-corrected chi connectivity index (χ0v) is 18.4. The number of carboxylic acid groups (broad SMARTS) is 1. The molecule has 4 saturated carbocycles. The van der Waals surface area contributed by atoms with E-state index in [1.165, 1.54) is 55.2 Å². The first kappa shape index (κ1) is 18.7. The first-order valence-corrected chi connectivity index (χ1v) is 12.0. The van der Waals surface area contributed by atoms with Crippen molar-refractivity contribution in [3.63, 3.8) is 0 Å². The van der Waals surface area contributed by atoms with Crippen molar-refractivity contribution in [3.05, 3.63) is 65.7 Å². The lowest BCUT2D eigenvalue weighted by Gasteiger charge is -2.49. The smallest absolute Gasteiger partial charge is 0.335 e. The zero-order chi connectivity index (χ0) is 21.7. The molecule has 3 aromatic carbocycles. The van der Waals surface area contributed by atoms with Crippen LogP contribution in [-0.4, -0.2) is 18.2 Å². The number of carbonyl (C=O) groups is 1. The Balaban J connectivity index is 1.32. The number of fused-ring (bicyclic) bond motifs is 3. The number of ether oxygens (including phenoxy) is 1. The molecule has 0 amide bonds. The Bertz CT molecular complexity index is 1290. The van der Waals surface area contributed by atoms with Crippen LogP contribution in [0.5, 0.6) is 5.75 Å². The van der Waals surface area contributed by atoms with Crippen molar-refractivity contribution >= 4 is 16.7 Å². The predicted octanol–water partition coefficient (Wildman–Crippen LogP) is 6.68. The minimum Gasteiger partial charge on any atom is -0.496 e. The van der Waals surface area contributed by atoms with E-state index in [0.29, 0.717) is 11.0 Å². The van der Waals surface area contributed by atoms with Crippen LogP contribution in [0.4, 0.5) is 0 Å². The van der Waals surface area contributed by atoms with Crippen LogP contribution in [0.15, 0.2) is 54.6 Å². The van der Waals surface area contributed by atoms with Gasteiger partial charge in [-0.15, -0.1) is 0 Å². The molecule has 0 heterocycles. The molecule has 3 heteroatoms. The summed E-state index contributed by atoms with van der Waals surface area (Å²) >= 11 is 0. The molecule has 1 N–H and O–H groups in total. The van der Waals surface area contributed by atoms with Gasteiger partial charge in [0.05, 0.1) is 12.7 Å². The number of carboxylic acids is 1. The Morgan fingerprint density at radius 1 is 0.906 bits per heavy atom. The highest BCUT2D eigenvalue weighted by Crippen LogP contribution is 2.79. The summed E-state index contributed by atoms with van der Waals surface area (Å²) in [5, 5.41) is 11.3. The predicted molar refractivity (Wildman–Crippen MR) is 125 cm³/mol. The van der Waals surface area contributed by atoms with Crippen LogP contribution in [-0.2, 0) is 5.41 Å². The molecule has 1 spiro atoms. The average Bonchev–Trinajstić information content (AvgIpc) is 3.13. The standard InChI is InChI=1S/C29H28O3/c1-32-26-7-6-21(19-2-3-20-10-22(27(30)31)5-4-18(20)9-19)11-25(26)28-13-17-8-23-12-24(15-28)29(23,14-17)16-28/h2-7,9-11,17,23-24H,8,12-16H2,1H3,(H,30,31). The maximum Gasteiger partial charge on any atom is 0.335 e. The van der Waals surface area contributed by atoms with Gasteiger partial charge in [-0.1, -0.05) is 24.3 Å². The first-order chi connectivity index (χ1) is 15.5. The summed E-state index contributed by atoms with van der Waals surface area (Å²) in [6.45, 7) is 0. The summed E-state index contributed by atoms with van der Waals surface area (Å²) in [5.41, 5.74) is 5.10. The summed E-state index contributed by atoms with van der Waals surface area (Å²) in [4.78, 5) is 11.3. The molecular formula is C29H28O3. The van der Waals surface area contributed by atoms with Crippen molar-refractivity contribution < 1.29 is 14.6 Å². The second kappa shape index (κ2) is 6.15. The van der Waals surface area contributed by atoms with E-state index < -0.39 is 5.97 Å². The molecule has 4 aliphatic carbocycles. The van der Waals surface area contributed by atoms with Gasteiger partial charge in [0.15, 0.2) is 0 Å². The maximum atomic E-state index is 11.3. The third-order valence-electron chi connectivity index (χ3n) is 9.66. The Kier molecular flexibility index (Phi) is 3.60. The molecule has 7 rings (SSSR count). The van der Waals surface area contributed by atoms with E-state index in [9.17, 15) is 9.90 Å². The monoisotopic (exact) mass is 424 g/mol. The van der Waals surface area contributed by atoms with Gasteiger partial charge in [0.25, 0.3) is 0 Å². The summed E-state index contributed by atoms with van der Waals surface area (Å²) in [5.74, 6) is 2.99. The quantitative estimate of drug-likeness (QED) is 0.508. The molecule has 3 bridgehead atoms. The zero-order valence-electron chi connectivity index (χ0n) is 18.4. The summed E-state index contributed by atoms with van der Waals surface area (Å²) in [6, 6.07) is 18.5. The van der Waals surface area contributed by atoms with Crippen molar-refractivity contribution in [3.8, 4) is 16.9 Å². The summed E-state index contributed by atoms with van der Waals surface area (Å²) < 4.78 is 5.92. The lowest BCUT2D eigenvalue weighted by atomic mass is 9.55. The Hall–Kier alpha value is -2.81. The molecule has 162 valence electrons. The van der Waals surface area contributed by atoms with Crippen LogP contribution in [0.2, 0.25) is 0 Å². The highest BCUT2D eigenvalue weighted by molar-refractivity contribution is 5.95. The fourth-order valence-electron chi connectivity index (χ4n) is 8.53. The van der Waals surface area contributed by atoms with E-state index >= 15 is 0 Å². The minimum absolute atomic E-state index is 0.285. The van der Waals surface area contributed by atoms with Gasteiger partial charge in [-0.25, -0.2) is 4.79 Å². The number of rotatable bonds is 4. The number of methoxy groups -OCH3 is 1. The van der Waals surface area contributed by atoms with Crippen molar-refractivity contribution in [2.24, 2.45) is 23.2 Å². The highest BCUT2D eigenvalue weighted by atomic mass is 16.5. The van der Waals surface area contributed by atoms with E-state index in [1.54, 1.807) is 12.1 Å². The van der Waals surface area contributed by atoms with E-state index in [1.807, 2.05) is 19.2 Å². The average molecular weight is 425 g/mol. The lowest BCUT2D eigenvalue weighted by molar-refractivity contribution is -0.000197. The topological polar surface area (TPSA) is 46.5 Å². The van der Waals surface area contributed by atoms with E-state index in [-0.39, 0.29) is 5.41 Å². The maximum absolute atomic E-state index is 11.3. The van der Waals surface area contributed by atoms with Crippen LogP contribution in [0.25, 0.3) is 21.9 Å². The third-order valence-corrected chi connectivity index (χ3v) is 9.66. The van der Waals surface area contributed by atoms with E-state index in [2.05, 4.69) is 30.3 Å². The van der Waals surface area contributed by atoms with E-state index in [0.717, 1.165) is 34.3 Å². The lowest BCUT2D eigenvalue weighted by Crippen LogP contribution is -2.42. The van der Waals surface area contributed by atoms with Gasteiger partial charge < -0.3 is 9.84 Å². The second-order valence-corrected chi connectivity index (χ2v) is 11.0. The molecule has 3 nitrogen and oxygen atoms in total. The van der Waals surface area contributed by atoms with Gasteiger partial charge in [0.1, 0.15) is 5.75 Å². The molecule has 0 radical (unpaired) electrons. The second-order valence-electron chi connectivity index (χ2n) is 11.0. The summed E-state index contributed by atoms with van der Waals surface area (Å²) in [7, 11) is 1.81. The molecule has 0 saturated heterocycles. The molecule has 0 aliphatic heterocycles. The van der Waals surface area contributed by atoms with Crippen molar-refractivity contribution in [2.45, 2.75) is 43.9 Å².